The first-order valence-electron chi connectivity index (χ1n) is 8.17. The lowest BCUT2D eigenvalue weighted by molar-refractivity contribution is 0.351. The van der Waals surface area contributed by atoms with E-state index in [-0.39, 0.29) is 5.82 Å². The van der Waals surface area contributed by atoms with Crippen LogP contribution in [0.5, 0.6) is 0 Å². The van der Waals surface area contributed by atoms with Gasteiger partial charge in [0.05, 0.1) is 0 Å². The minimum absolute atomic E-state index is 0.0522. The number of hydrogen-bond acceptors (Lipinski definition) is 0. The molecule has 3 atom stereocenters. The maximum atomic E-state index is 13.9. The van der Waals surface area contributed by atoms with Gasteiger partial charge in [0.25, 0.3) is 0 Å². The molecule has 0 spiro atoms. The smallest absolute Gasteiger partial charge is 0.126 e. The average Bonchev–Trinajstić information content (AvgIpc) is 2.42. The molecule has 1 aromatic rings. The average molecular weight is 278 g/mol. The molecule has 0 bridgehead atoms. The Labute approximate surface area is 124 Å². The fourth-order valence-corrected chi connectivity index (χ4v) is 3.08. The molecule has 0 heterocycles. The van der Waals surface area contributed by atoms with Crippen molar-refractivity contribution in [2.75, 3.05) is 0 Å². The zero-order valence-corrected chi connectivity index (χ0v) is 14.1. The maximum Gasteiger partial charge on any atom is 0.126 e. The predicted octanol–water partition coefficient (Wildman–Crippen LogP) is 6.40. The van der Waals surface area contributed by atoms with Crippen molar-refractivity contribution in [3.63, 3.8) is 0 Å². The summed E-state index contributed by atoms with van der Waals surface area (Å²) in [5.74, 6) is 1.84. The van der Waals surface area contributed by atoms with Gasteiger partial charge in [-0.25, -0.2) is 4.39 Å². The number of rotatable bonds is 7. The normalized spacial score (nSPS) is 15.9. The van der Waals surface area contributed by atoms with Gasteiger partial charge in [-0.15, -0.1) is 0 Å². The van der Waals surface area contributed by atoms with Crippen LogP contribution in [0.3, 0.4) is 0 Å². The number of benzene rings is 1. The summed E-state index contributed by atoms with van der Waals surface area (Å²) < 4.78 is 13.9. The van der Waals surface area contributed by atoms with Crippen molar-refractivity contribution in [3.05, 3.63) is 34.6 Å². The highest BCUT2D eigenvalue weighted by Crippen LogP contribution is 2.34. The molecule has 0 radical (unpaired) electrons. The highest BCUT2D eigenvalue weighted by atomic mass is 19.1. The van der Waals surface area contributed by atoms with Crippen LogP contribution in [-0.4, -0.2) is 0 Å². The molecule has 0 aliphatic rings. The quantitative estimate of drug-likeness (QED) is 0.541. The van der Waals surface area contributed by atoms with Gasteiger partial charge >= 0.3 is 0 Å². The molecule has 3 unspecified atom stereocenters. The van der Waals surface area contributed by atoms with Crippen molar-refractivity contribution < 1.29 is 4.39 Å². The van der Waals surface area contributed by atoms with Crippen LogP contribution in [0.2, 0.25) is 0 Å². The van der Waals surface area contributed by atoms with Gasteiger partial charge in [0.15, 0.2) is 0 Å². The molecule has 114 valence electrons. The monoisotopic (exact) mass is 278 g/mol. The molecule has 0 amide bonds. The van der Waals surface area contributed by atoms with Crippen LogP contribution in [0, 0.1) is 31.5 Å². The molecule has 1 aromatic carbocycles. The van der Waals surface area contributed by atoms with Gasteiger partial charge in [-0.3, -0.25) is 0 Å². The Balaban J connectivity index is 2.88. The third-order valence-corrected chi connectivity index (χ3v) is 4.98. The first-order chi connectivity index (χ1) is 9.40. The van der Waals surface area contributed by atoms with Crippen LogP contribution in [0.4, 0.5) is 4.39 Å². The van der Waals surface area contributed by atoms with Crippen molar-refractivity contribution in [3.8, 4) is 0 Å². The zero-order valence-electron chi connectivity index (χ0n) is 14.1. The molecule has 0 N–H and O–H groups in total. The number of aryl methyl sites for hydroxylation is 1. The van der Waals surface area contributed by atoms with Gasteiger partial charge in [0, 0.05) is 0 Å². The minimum Gasteiger partial charge on any atom is -0.207 e. The van der Waals surface area contributed by atoms with E-state index >= 15 is 0 Å². The van der Waals surface area contributed by atoms with E-state index in [1.54, 1.807) is 6.07 Å². The largest absolute Gasteiger partial charge is 0.207 e. The summed E-state index contributed by atoms with van der Waals surface area (Å²) in [4.78, 5) is 0. The van der Waals surface area contributed by atoms with Crippen molar-refractivity contribution in [2.24, 2.45) is 11.8 Å². The van der Waals surface area contributed by atoms with E-state index in [2.05, 4.69) is 33.8 Å². The Morgan fingerprint density at radius 2 is 1.65 bits per heavy atom. The molecule has 20 heavy (non-hydrogen) atoms. The second-order valence-electron chi connectivity index (χ2n) is 6.51. The fourth-order valence-electron chi connectivity index (χ4n) is 3.08. The van der Waals surface area contributed by atoms with E-state index in [1.165, 1.54) is 31.2 Å². The zero-order chi connectivity index (χ0) is 15.3. The third kappa shape index (κ3) is 4.33. The standard InChI is InChI=1S/C19H31F/c1-7-13(3)9-10-17(8-2)15(5)18-11-14(4)12-19(20)16(18)6/h11-13,15,17H,7-10H2,1-6H3. The first-order valence-corrected chi connectivity index (χ1v) is 8.17. The molecular weight excluding hydrogens is 247 g/mol. The summed E-state index contributed by atoms with van der Waals surface area (Å²) in [6.45, 7) is 13.0. The van der Waals surface area contributed by atoms with Gasteiger partial charge in [-0.1, -0.05) is 53.0 Å². The van der Waals surface area contributed by atoms with Crippen molar-refractivity contribution >= 4 is 0 Å². The van der Waals surface area contributed by atoms with E-state index in [0.717, 1.165) is 17.0 Å². The highest BCUT2D eigenvalue weighted by molar-refractivity contribution is 5.34. The molecular formula is C19H31F. The molecule has 1 rings (SSSR count). The van der Waals surface area contributed by atoms with Crippen LogP contribution < -0.4 is 0 Å². The summed E-state index contributed by atoms with van der Waals surface area (Å²) in [5.41, 5.74) is 3.08. The lowest BCUT2D eigenvalue weighted by Crippen LogP contribution is -2.13. The molecule has 0 saturated carbocycles. The van der Waals surface area contributed by atoms with Crippen molar-refractivity contribution in [2.45, 2.75) is 73.1 Å². The predicted molar refractivity (Wildman–Crippen MR) is 86.8 cm³/mol. The van der Waals surface area contributed by atoms with Crippen LogP contribution in [-0.2, 0) is 0 Å². The fraction of sp³-hybridized carbons (Fsp3) is 0.684. The second kappa shape index (κ2) is 7.81. The van der Waals surface area contributed by atoms with Crippen molar-refractivity contribution in [1.82, 2.24) is 0 Å². The second-order valence-corrected chi connectivity index (χ2v) is 6.51. The number of hydrogen-bond donors (Lipinski definition) is 0. The molecule has 0 aromatic heterocycles. The molecule has 1 heteroatoms. The SMILES string of the molecule is CCC(C)CCC(CC)C(C)c1cc(C)cc(F)c1C. The Morgan fingerprint density at radius 1 is 1.00 bits per heavy atom. The van der Waals surface area contributed by atoms with Gasteiger partial charge in [-0.2, -0.15) is 0 Å². The lowest BCUT2D eigenvalue weighted by atomic mass is 9.79. The molecule has 0 aliphatic carbocycles. The Kier molecular flexibility index (Phi) is 6.71. The minimum atomic E-state index is -0.0522. The summed E-state index contributed by atoms with van der Waals surface area (Å²) >= 11 is 0. The Bertz CT molecular complexity index is 422. The third-order valence-electron chi connectivity index (χ3n) is 4.98. The van der Waals surface area contributed by atoms with Gasteiger partial charge < -0.3 is 0 Å². The summed E-state index contributed by atoms with van der Waals surface area (Å²) in [6, 6.07) is 3.82. The Hall–Kier alpha value is -0.850. The summed E-state index contributed by atoms with van der Waals surface area (Å²) in [6.07, 6.45) is 4.96. The Morgan fingerprint density at radius 3 is 2.20 bits per heavy atom. The van der Waals surface area contributed by atoms with Crippen LogP contribution in [0.15, 0.2) is 12.1 Å². The van der Waals surface area contributed by atoms with Crippen LogP contribution >= 0.6 is 0 Å². The maximum absolute atomic E-state index is 13.9. The lowest BCUT2D eigenvalue weighted by Gasteiger charge is -2.26. The first kappa shape index (κ1) is 17.2. The molecule has 0 aliphatic heterocycles. The van der Waals surface area contributed by atoms with Gasteiger partial charge in [-0.05, 0) is 60.8 Å². The molecule has 0 fully saturated rings. The van der Waals surface area contributed by atoms with Gasteiger partial charge in [0.2, 0.25) is 0 Å². The summed E-state index contributed by atoms with van der Waals surface area (Å²) in [7, 11) is 0. The van der Waals surface area contributed by atoms with E-state index in [9.17, 15) is 4.39 Å². The molecule has 0 nitrogen and oxygen atoms in total. The topological polar surface area (TPSA) is 0 Å². The molecule has 0 saturated heterocycles. The van der Waals surface area contributed by atoms with E-state index in [4.69, 9.17) is 0 Å². The van der Waals surface area contributed by atoms with Crippen molar-refractivity contribution in [1.29, 1.82) is 0 Å². The van der Waals surface area contributed by atoms with Gasteiger partial charge in [0.1, 0.15) is 5.82 Å². The highest BCUT2D eigenvalue weighted by Gasteiger charge is 2.21. The number of halogens is 1. The summed E-state index contributed by atoms with van der Waals surface area (Å²) in [5, 5.41) is 0. The van der Waals surface area contributed by atoms with Crippen LogP contribution in [0.25, 0.3) is 0 Å². The van der Waals surface area contributed by atoms with E-state index in [1.807, 2.05) is 13.8 Å². The van der Waals surface area contributed by atoms with E-state index in [0.29, 0.717) is 11.8 Å². The van der Waals surface area contributed by atoms with E-state index < -0.39 is 0 Å². The van der Waals surface area contributed by atoms with Crippen LogP contribution in [0.1, 0.15) is 76.0 Å².